The maximum atomic E-state index is 12.5. The second kappa shape index (κ2) is 7.50. The lowest BCUT2D eigenvalue weighted by molar-refractivity contribution is -0.116. The lowest BCUT2D eigenvalue weighted by Crippen LogP contribution is -2.18. The molecule has 2 amide bonds. The Kier molecular flexibility index (Phi) is 4.91. The van der Waals surface area contributed by atoms with E-state index in [1.165, 1.54) is 23.1 Å². The number of hydrogen-bond donors (Lipinski definition) is 2. The van der Waals surface area contributed by atoms with E-state index in [9.17, 15) is 9.59 Å². The maximum Gasteiger partial charge on any atom is 0.260 e. The highest BCUT2D eigenvalue weighted by Crippen LogP contribution is 2.31. The molecule has 3 heterocycles. The fourth-order valence-electron chi connectivity index (χ4n) is 2.90. The lowest BCUT2D eigenvalue weighted by atomic mass is 9.99. The average molecular weight is 396 g/mol. The first-order valence-electron chi connectivity index (χ1n) is 8.33. The van der Waals surface area contributed by atoms with Crippen LogP contribution in [0.5, 0.6) is 0 Å². The average Bonchev–Trinajstić information content (AvgIpc) is 3.16. The van der Waals surface area contributed by atoms with Crippen molar-refractivity contribution in [2.75, 3.05) is 16.9 Å². The number of aryl methyl sites for hydroxylation is 1. The predicted molar refractivity (Wildman–Crippen MR) is 108 cm³/mol. The van der Waals surface area contributed by atoms with Crippen LogP contribution in [0.25, 0.3) is 11.3 Å². The third-order valence-corrected chi connectivity index (χ3v) is 5.70. The fraction of sp³-hybridized carbons (Fsp3) is 0.158. The first-order valence-corrected chi connectivity index (χ1v) is 10.4. The van der Waals surface area contributed by atoms with Gasteiger partial charge in [0, 0.05) is 29.2 Å². The van der Waals surface area contributed by atoms with Crippen molar-refractivity contribution in [2.24, 2.45) is 0 Å². The van der Waals surface area contributed by atoms with Crippen molar-refractivity contribution in [3.05, 3.63) is 53.0 Å². The van der Waals surface area contributed by atoms with Crippen LogP contribution in [0.4, 0.5) is 10.8 Å². The minimum Gasteiger partial charge on any atom is -0.326 e. The van der Waals surface area contributed by atoms with Crippen LogP contribution in [0.15, 0.2) is 46.9 Å². The summed E-state index contributed by atoms with van der Waals surface area (Å²) in [4.78, 5) is 32.8. The van der Waals surface area contributed by atoms with Gasteiger partial charge in [-0.05, 0) is 42.5 Å². The number of nitrogens with zero attached hydrogens (tertiary/aromatic N) is 2. The van der Waals surface area contributed by atoms with Crippen LogP contribution in [0, 0.1) is 0 Å². The van der Waals surface area contributed by atoms with Gasteiger partial charge in [-0.2, -0.15) is 0 Å². The Hall–Kier alpha value is -2.71. The number of carbonyl (C=O) groups excluding carboxylic acids is 2. The van der Waals surface area contributed by atoms with Gasteiger partial charge in [0.05, 0.1) is 11.3 Å². The Balaban J connectivity index is 1.54. The molecule has 2 N–H and O–H groups in total. The molecule has 0 spiro atoms. The van der Waals surface area contributed by atoms with Gasteiger partial charge in [0.25, 0.3) is 5.91 Å². The number of rotatable bonds is 4. The quantitative estimate of drug-likeness (QED) is 0.650. The van der Waals surface area contributed by atoms with Crippen LogP contribution in [0.2, 0.25) is 0 Å². The topological polar surface area (TPSA) is 84.0 Å². The van der Waals surface area contributed by atoms with E-state index in [2.05, 4.69) is 20.6 Å². The Morgan fingerprint density at radius 1 is 1.30 bits per heavy atom. The SMILES string of the molecule is CSc1ncccc1C(=O)Nc1nc(-c2ccc3c(c2)CCC(=O)N3)cs1. The lowest BCUT2D eigenvalue weighted by Gasteiger charge is -2.17. The van der Waals surface area contributed by atoms with Gasteiger partial charge in [-0.15, -0.1) is 23.1 Å². The molecule has 2 aromatic heterocycles. The molecule has 6 nitrogen and oxygen atoms in total. The number of thiazole rings is 1. The first-order chi connectivity index (χ1) is 13.1. The Morgan fingerprint density at radius 2 is 2.19 bits per heavy atom. The summed E-state index contributed by atoms with van der Waals surface area (Å²) in [5, 5.41) is 8.86. The molecule has 8 heteroatoms. The summed E-state index contributed by atoms with van der Waals surface area (Å²) in [5.41, 5.74) is 4.26. The monoisotopic (exact) mass is 396 g/mol. The maximum absolute atomic E-state index is 12.5. The smallest absolute Gasteiger partial charge is 0.260 e. The number of aromatic nitrogens is 2. The number of hydrogen-bond acceptors (Lipinski definition) is 6. The Labute approximate surface area is 164 Å². The van der Waals surface area contributed by atoms with Crippen LogP contribution < -0.4 is 10.6 Å². The zero-order chi connectivity index (χ0) is 18.8. The number of carbonyl (C=O) groups is 2. The minimum absolute atomic E-state index is 0.0499. The molecule has 0 saturated carbocycles. The van der Waals surface area contributed by atoms with Gasteiger partial charge in [0.1, 0.15) is 5.03 Å². The van der Waals surface area contributed by atoms with Crippen LogP contribution in [0.1, 0.15) is 22.3 Å². The molecule has 0 aliphatic carbocycles. The number of fused-ring (bicyclic) bond motifs is 1. The zero-order valence-corrected chi connectivity index (χ0v) is 16.1. The van der Waals surface area contributed by atoms with E-state index in [0.29, 0.717) is 22.1 Å². The molecule has 1 aliphatic heterocycles. The molecule has 1 aromatic carbocycles. The van der Waals surface area contributed by atoms with Crippen molar-refractivity contribution < 1.29 is 9.59 Å². The highest BCUT2D eigenvalue weighted by atomic mass is 32.2. The Morgan fingerprint density at radius 3 is 3.04 bits per heavy atom. The third-order valence-electron chi connectivity index (χ3n) is 4.23. The molecule has 1 aliphatic rings. The van der Waals surface area contributed by atoms with Crippen molar-refractivity contribution in [1.82, 2.24) is 9.97 Å². The Bertz CT molecular complexity index is 1030. The van der Waals surface area contributed by atoms with Gasteiger partial charge in [-0.25, -0.2) is 9.97 Å². The normalized spacial score (nSPS) is 13.0. The van der Waals surface area contributed by atoms with Gasteiger partial charge >= 0.3 is 0 Å². The highest BCUT2D eigenvalue weighted by molar-refractivity contribution is 7.98. The summed E-state index contributed by atoms with van der Waals surface area (Å²) in [6.45, 7) is 0. The zero-order valence-electron chi connectivity index (χ0n) is 14.5. The van der Waals surface area contributed by atoms with Gasteiger partial charge in [0.15, 0.2) is 5.13 Å². The van der Waals surface area contributed by atoms with Crippen LogP contribution in [0.3, 0.4) is 0 Å². The fourth-order valence-corrected chi connectivity index (χ4v) is 4.16. The number of pyridine rings is 1. The van der Waals surface area contributed by atoms with Crippen molar-refractivity contribution >= 4 is 45.7 Å². The molecule has 27 heavy (non-hydrogen) atoms. The van der Waals surface area contributed by atoms with Gasteiger partial charge in [0.2, 0.25) is 5.91 Å². The van der Waals surface area contributed by atoms with Crippen LogP contribution >= 0.6 is 23.1 Å². The van der Waals surface area contributed by atoms with Crippen LogP contribution in [-0.2, 0) is 11.2 Å². The third kappa shape index (κ3) is 3.72. The summed E-state index contributed by atoms with van der Waals surface area (Å²) in [5.74, 6) is -0.171. The van der Waals surface area contributed by atoms with Gasteiger partial charge in [-0.1, -0.05) is 6.07 Å². The number of anilines is 2. The first kappa shape index (κ1) is 17.7. The van der Waals surface area contributed by atoms with Crippen molar-refractivity contribution in [2.45, 2.75) is 17.9 Å². The molecule has 4 rings (SSSR count). The second-order valence-corrected chi connectivity index (χ2v) is 7.63. The van der Waals surface area contributed by atoms with Gasteiger partial charge in [-0.3, -0.25) is 14.9 Å². The molecule has 0 atom stereocenters. The molecule has 0 saturated heterocycles. The summed E-state index contributed by atoms with van der Waals surface area (Å²) < 4.78 is 0. The summed E-state index contributed by atoms with van der Waals surface area (Å²) in [6, 6.07) is 9.37. The van der Waals surface area contributed by atoms with E-state index in [4.69, 9.17) is 0 Å². The number of amides is 2. The largest absolute Gasteiger partial charge is 0.326 e. The summed E-state index contributed by atoms with van der Waals surface area (Å²) in [6.07, 6.45) is 4.78. The minimum atomic E-state index is -0.221. The summed E-state index contributed by atoms with van der Waals surface area (Å²) >= 11 is 2.81. The van der Waals surface area contributed by atoms with E-state index < -0.39 is 0 Å². The standard InChI is InChI=1S/C19H16N4O2S2/c1-26-18-13(3-2-8-20-18)17(25)23-19-22-15(10-27-19)12-4-6-14-11(9-12)5-7-16(24)21-14/h2-4,6,8-10H,5,7H2,1H3,(H,21,24)(H,22,23,25). The van der Waals surface area contributed by atoms with E-state index in [0.717, 1.165) is 28.9 Å². The number of thioether (sulfide) groups is 1. The molecule has 136 valence electrons. The van der Waals surface area contributed by atoms with Gasteiger partial charge < -0.3 is 5.32 Å². The predicted octanol–water partition coefficient (Wildman–Crippen LogP) is 4.06. The van der Waals surface area contributed by atoms with E-state index >= 15 is 0 Å². The molecule has 0 fully saturated rings. The molecule has 0 bridgehead atoms. The molecular formula is C19H16N4O2S2. The summed E-state index contributed by atoms with van der Waals surface area (Å²) in [7, 11) is 0. The van der Waals surface area contributed by atoms with Crippen molar-refractivity contribution in [1.29, 1.82) is 0 Å². The number of nitrogens with one attached hydrogen (secondary N) is 2. The molecule has 3 aromatic rings. The molecule has 0 unspecified atom stereocenters. The van der Waals surface area contributed by atoms with Crippen molar-refractivity contribution in [3.8, 4) is 11.3 Å². The van der Waals surface area contributed by atoms with Crippen LogP contribution in [-0.4, -0.2) is 28.0 Å². The number of benzene rings is 1. The van der Waals surface area contributed by atoms with E-state index in [-0.39, 0.29) is 11.8 Å². The highest BCUT2D eigenvalue weighted by Gasteiger charge is 2.17. The van der Waals surface area contributed by atoms with Crippen molar-refractivity contribution in [3.63, 3.8) is 0 Å². The van der Waals surface area contributed by atoms with E-state index in [1.807, 2.05) is 29.8 Å². The molecular weight excluding hydrogens is 380 g/mol. The molecule has 0 radical (unpaired) electrons. The van der Waals surface area contributed by atoms with E-state index in [1.54, 1.807) is 18.3 Å². The second-order valence-electron chi connectivity index (χ2n) is 5.97.